The van der Waals surface area contributed by atoms with Crippen LogP contribution in [0.3, 0.4) is 0 Å². The highest BCUT2D eigenvalue weighted by molar-refractivity contribution is 7.99. The number of aliphatic hydroxyl groups excluding tert-OH is 1. The van der Waals surface area contributed by atoms with Crippen LogP contribution in [0.5, 0.6) is 0 Å². The van der Waals surface area contributed by atoms with Crippen LogP contribution in [-0.2, 0) is 32.7 Å². The molecule has 11 heteroatoms. The summed E-state index contributed by atoms with van der Waals surface area (Å²) < 4.78 is 14.9. The quantitative estimate of drug-likeness (QED) is 0.199. The van der Waals surface area contributed by atoms with E-state index in [4.69, 9.17) is 9.47 Å². The number of amides is 2. The van der Waals surface area contributed by atoms with Gasteiger partial charge in [-0.05, 0) is 36.1 Å². The Morgan fingerprint density at radius 1 is 1.02 bits per heavy atom. The molecule has 3 aromatic rings. The number of unbranched alkanes of at least 4 members (excludes halogenated alkanes) is 2. The van der Waals surface area contributed by atoms with Gasteiger partial charge in [0.15, 0.2) is 11.4 Å². The summed E-state index contributed by atoms with van der Waals surface area (Å²) in [6, 6.07) is 15.4. The third-order valence-corrected chi connectivity index (χ3v) is 8.21. The molecule has 1 aliphatic heterocycles. The van der Waals surface area contributed by atoms with Gasteiger partial charge in [0.2, 0.25) is 11.8 Å². The lowest BCUT2D eigenvalue weighted by atomic mass is 9.91. The summed E-state index contributed by atoms with van der Waals surface area (Å²) in [5.41, 5.74) is 3.45. The number of anilines is 1. The van der Waals surface area contributed by atoms with Crippen molar-refractivity contribution < 1.29 is 24.2 Å². The van der Waals surface area contributed by atoms with E-state index in [0.717, 1.165) is 41.1 Å². The van der Waals surface area contributed by atoms with E-state index in [1.807, 2.05) is 60.1 Å². The number of hydrogen-bond acceptors (Lipinski definition) is 8. The van der Waals surface area contributed by atoms with E-state index < -0.39 is 6.29 Å². The zero-order valence-electron chi connectivity index (χ0n) is 23.8. The van der Waals surface area contributed by atoms with Gasteiger partial charge in [-0.3, -0.25) is 9.59 Å². The summed E-state index contributed by atoms with van der Waals surface area (Å²) in [6.45, 7) is 4.25. The molecule has 2 amide bonds. The van der Waals surface area contributed by atoms with Crippen molar-refractivity contribution >= 4 is 29.3 Å². The van der Waals surface area contributed by atoms with Crippen LogP contribution in [0.15, 0.2) is 60.0 Å². The lowest BCUT2D eigenvalue weighted by Crippen LogP contribution is -2.38. The number of carbonyl (C=O) groups is 2. The van der Waals surface area contributed by atoms with Gasteiger partial charge in [-0.15, -0.1) is 10.2 Å². The summed E-state index contributed by atoms with van der Waals surface area (Å²) in [4.78, 5) is 23.3. The predicted molar refractivity (Wildman–Crippen MR) is 157 cm³/mol. The first kappa shape index (κ1) is 30.7. The van der Waals surface area contributed by atoms with Crippen LogP contribution < -0.4 is 10.6 Å². The van der Waals surface area contributed by atoms with E-state index in [1.54, 1.807) is 18.1 Å². The standard InChI is InChI=1S/C30H39N5O5S/c1-20-26(18-41-30-34-32-19-35(30)3)39-29(40-28(20)23-10-8-22(17-36)9-11-23)24-12-14-25(15-13-24)33-27(38)7-5-4-6-16-31-21(2)37/h8-15,19-20,26,28-29,36H,4-7,16-18H2,1-3H3,(H,31,37)(H,33,38). The molecule has 4 rings (SSSR count). The molecule has 1 saturated heterocycles. The number of ether oxygens (including phenoxy) is 2. The molecule has 0 radical (unpaired) electrons. The Labute approximate surface area is 245 Å². The Morgan fingerprint density at radius 2 is 1.76 bits per heavy atom. The highest BCUT2D eigenvalue weighted by Gasteiger charge is 2.38. The number of rotatable bonds is 13. The fourth-order valence-corrected chi connectivity index (χ4v) is 5.72. The lowest BCUT2D eigenvalue weighted by Gasteiger charge is -2.41. The molecule has 0 spiro atoms. The van der Waals surface area contributed by atoms with Crippen molar-refractivity contribution in [3.8, 4) is 0 Å². The van der Waals surface area contributed by atoms with Gasteiger partial charge in [0, 0.05) is 49.9 Å². The molecule has 0 aliphatic carbocycles. The summed E-state index contributed by atoms with van der Waals surface area (Å²) in [5, 5.41) is 24.2. The van der Waals surface area contributed by atoms with E-state index in [9.17, 15) is 14.7 Å². The van der Waals surface area contributed by atoms with Gasteiger partial charge >= 0.3 is 0 Å². The first-order valence-electron chi connectivity index (χ1n) is 14.0. The molecule has 0 saturated carbocycles. The Bertz CT molecular complexity index is 1270. The molecule has 0 bridgehead atoms. The molecule has 41 heavy (non-hydrogen) atoms. The number of hydrogen-bond donors (Lipinski definition) is 3. The topological polar surface area (TPSA) is 128 Å². The van der Waals surface area contributed by atoms with Crippen molar-refractivity contribution in [3.63, 3.8) is 0 Å². The van der Waals surface area contributed by atoms with Crippen LogP contribution in [0.4, 0.5) is 5.69 Å². The van der Waals surface area contributed by atoms with Gasteiger partial charge in [0.05, 0.1) is 18.8 Å². The van der Waals surface area contributed by atoms with Gasteiger partial charge in [-0.25, -0.2) is 0 Å². The average molecular weight is 582 g/mol. The molecule has 1 aliphatic rings. The first-order chi connectivity index (χ1) is 19.8. The van der Waals surface area contributed by atoms with E-state index in [0.29, 0.717) is 24.4 Å². The SMILES string of the molecule is CC(=O)NCCCCCC(=O)Nc1ccc(C2OC(CSc3nncn3C)C(C)C(c3ccc(CO)cc3)O2)cc1. The van der Waals surface area contributed by atoms with Gasteiger partial charge in [-0.1, -0.05) is 61.5 Å². The van der Waals surface area contributed by atoms with Gasteiger partial charge in [0.25, 0.3) is 0 Å². The minimum absolute atomic E-state index is 0.00838. The Kier molecular flexibility index (Phi) is 11.3. The second kappa shape index (κ2) is 15.1. The van der Waals surface area contributed by atoms with Gasteiger partial charge in [-0.2, -0.15) is 0 Å². The minimum Gasteiger partial charge on any atom is -0.392 e. The van der Waals surface area contributed by atoms with Crippen LogP contribution in [0.2, 0.25) is 0 Å². The van der Waals surface area contributed by atoms with Crippen molar-refractivity contribution in [2.75, 3.05) is 17.6 Å². The van der Waals surface area contributed by atoms with Crippen molar-refractivity contribution in [1.29, 1.82) is 0 Å². The number of benzene rings is 2. The summed E-state index contributed by atoms with van der Waals surface area (Å²) in [7, 11) is 1.92. The highest BCUT2D eigenvalue weighted by Crippen LogP contribution is 2.43. The molecule has 3 N–H and O–H groups in total. The molecule has 1 fully saturated rings. The molecule has 2 heterocycles. The third kappa shape index (κ3) is 8.87. The number of thioether (sulfide) groups is 1. The van der Waals surface area contributed by atoms with Crippen LogP contribution >= 0.6 is 11.8 Å². The lowest BCUT2D eigenvalue weighted by molar-refractivity contribution is -0.268. The van der Waals surface area contributed by atoms with Gasteiger partial charge in [0.1, 0.15) is 6.33 Å². The Morgan fingerprint density at radius 3 is 2.41 bits per heavy atom. The van der Waals surface area contributed by atoms with E-state index in [-0.39, 0.29) is 36.5 Å². The van der Waals surface area contributed by atoms with E-state index >= 15 is 0 Å². The Hall–Kier alpha value is -3.25. The van der Waals surface area contributed by atoms with Crippen LogP contribution in [0, 0.1) is 5.92 Å². The van der Waals surface area contributed by atoms with Crippen LogP contribution in [-0.4, -0.2) is 50.1 Å². The van der Waals surface area contributed by atoms with E-state index in [1.165, 1.54) is 6.92 Å². The van der Waals surface area contributed by atoms with Gasteiger partial charge < -0.3 is 29.8 Å². The molecule has 1 aromatic heterocycles. The van der Waals surface area contributed by atoms with Crippen molar-refractivity contribution in [1.82, 2.24) is 20.1 Å². The molecule has 220 valence electrons. The fraction of sp³-hybridized carbons (Fsp3) is 0.467. The highest BCUT2D eigenvalue weighted by atomic mass is 32.2. The number of aliphatic hydroxyl groups is 1. The zero-order chi connectivity index (χ0) is 29.2. The van der Waals surface area contributed by atoms with Crippen LogP contribution in [0.1, 0.15) is 68.6 Å². The predicted octanol–water partition coefficient (Wildman–Crippen LogP) is 4.53. The van der Waals surface area contributed by atoms with Crippen molar-refractivity contribution in [2.45, 2.75) is 69.8 Å². The molecule has 2 aromatic carbocycles. The third-order valence-electron chi connectivity index (χ3n) is 7.09. The molecule has 4 atom stereocenters. The fourth-order valence-electron chi connectivity index (χ4n) is 4.67. The number of nitrogens with zero attached hydrogens (tertiary/aromatic N) is 3. The monoisotopic (exact) mass is 581 g/mol. The second-order valence-corrected chi connectivity index (χ2v) is 11.3. The Balaban J connectivity index is 1.39. The van der Waals surface area contributed by atoms with Crippen molar-refractivity contribution in [3.05, 3.63) is 71.5 Å². The average Bonchev–Trinajstić information content (AvgIpc) is 3.39. The second-order valence-electron chi connectivity index (χ2n) is 10.3. The number of aromatic nitrogens is 3. The minimum atomic E-state index is -0.591. The number of nitrogens with one attached hydrogen (secondary N) is 2. The largest absolute Gasteiger partial charge is 0.392 e. The number of aryl methyl sites for hydroxylation is 1. The zero-order valence-corrected chi connectivity index (χ0v) is 24.6. The molecule has 10 nitrogen and oxygen atoms in total. The molecule has 4 unspecified atom stereocenters. The molecular formula is C30H39N5O5S. The van der Waals surface area contributed by atoms with E-state index in [2.05, 4.69) is 27.8 Å². The number of carbonyl (C=O) groups excluding carboxylic acids is 2. The maximum atomic E-state index is 12.4. The smallest absolute Gasteiger partial charge is 0.224 e. The van der Waals surface area contributed by atoms with Crippen molar-refractivity contribution in [2.24, 2.45) is 13.0 Å². The maximum Gasteiger partial charge on any atom is 0.224 e. The normalized spacial score (nSPS) is 20.5. The first-order valence-corrected chi connectivity index (χ1v) is 14.9. The summed E-state index contributed by atoms with van der Waals surface area (Å²) >= 11 is 1.60. The molecular weight excluding hydrogens is 542 g/mol. The maximum absolute atomic E-state index is 12.4. The summed E-state index contributed by atoms with van der Waals surface area (Å²) in [5.74, 6) is 0.665. The van der Waals surface area contributed by atoms with Crippen LogP contribution in [0.25, 0.3) is 0 Å². The summed E-state index contributed by atoms with van der Waals surface area (Å²) in [6.07, 6.45) is 3.68.